The molecule has 0 unspecified atom stereocenters. The standard InChI is InChI=1S/C17H15N3O/c1-2-16(21)13-10-12-4-3-7-19-17(12)15(11-13)20-14-5-8-18-9-6-14/h2-11,21H,1H3,(H,18,20)/b16-2+. The van der Waals surface area contributed by atoms with Crippen molar-refractivity contribution in [3.8, 4) is 0 Å². The third kappa shape index (κ3) is 2.69. The maximum Gasteiger partial charge on any atom is 0.118 e. The average molecular weight is 277 g/mol. The predicted molar refractivity (Wildman–Crippen MR) is 85.5 cm³/mol. The van der Waals surface area contributed by atoms with Gasteiger partial charge < -0.3 is 10.4 Å². The van der Waals surface area contributed by atoms with Gasteiger partial charge in [-0.15, -0.1) is 0 Å². The fraction of sp³-hybridized carbons (Fsp3) is 0.0588. The van der Waals surface area contributed by atoms with Crippen LogP contribution in [-0.4, -0.2) is 15.1 Å². The van der Waals surface area contributed by atoms with Gasteiger partial charge >= 0.3 is 0 Å². The summed E-state index contributed by atoms with van der Waals surface area (Å²) in [6.07, 6.45) is 6.89. The van der Waals surface area contributed by atoms with Gasteiger partial charge in [-0.05, 0) is 43.3 Å². The lowest BCUT2D eigenvalue weighted by Crippen LogP contribution is -1.95. The number of rotatable bonds is 3. The molecular formula is C17H15N3O. The molecule has 2 heterocycles. The monoisotopic (exact) mass is 277 g/mol. The normalized spacial score (nSPS) is 11.6. The summed E-state index contributed by atoms with van der Waals surface area (Å²) in [4.78, 5) is 8.43. The average Bonchev–Trinajstić information content (AvgIpc) is 2.55. The molecule has 2 N–H and O–H groups in total. The zero-order chi connectivity index (χ0) is 14.7. The van der Waals surface area contributed by atoms with Crippen LogP contribution >= 0.6 is 0 Å². The molecule has 4 nitrogen and oxygen atoms in total. The Kier molecular flexibility index (Phi) is 3.51. The van der Waals surface area contributed by atoms with Crippen molar-refractivity contribution in [1.82, 2.24) is 9.97 Å². The van der Waals surface area contributed by atoms with Gasteiger partial charge in [-0.3, -0.25) is 9.97 Å². The first-order valence-electron chi connectivity index (χ1n) is 6.69. The van der Waals surface area contributed by atoms with Crippen molar-refractivity contribution in [2.75, 3.05) is 5.32 Å². The highest BCUT2D eigenvalue weighted by Gasteiger charge is 2.08. The number of hydrogen-bond acceptors (Lipinski definition) is 4. The summed E-state index contributed by atoms with van der Waals surface area (Å²) >= 11 is 0. The number of allylic oxidation sites excluding steroid dienone is 1. The molecule has 3 rings (SSSR count). The summed E-state index contributed by atoms with van der Waals surface area (Å²) in [6.45, 7) is 1.80. The number of nitrogens with zero attached hydrogens (tertiary/aromatic N) is 2. The molecule has 0 saturated carbocycles. The van der Waals surface area contributed by atoms with Gasteiger partial charge in [0.15, 0.2) is 0 Å². The Morgan fingerprint density at radius 3 is 2.71 bits per heavy atom. The zero-order valence-corrected chi connectivity index (χ0v) is 11.6. The van der Waals surface area contributed by atoms with Crippen LogP contribution in [0.3, 0.4) is 0 Å². The Balaban J connectivity index is 2.15. The van der Waals surface area contributed by atoms with Gasteiger partial charge in [0.1, 0.15) is 5.76 Å². The Bertz CT molecular complexity index is 797. The molecule has 0 spiro atoms. The third-order valence-electron chi connectivity index (χ3n) is 3.23. The molecule has 0 amide bonds. The van der Waals surface area contributed by atoms with Crippen LogP contribution in [0.2, 0.25) is 0 Å². The number of benzene rings is 1. The fourth-order valence-electron chi connectivity index (χ4n) is 2.19. The molecule has 2 aromatic heterocycles. The van der Waals surface area contributed by atoms with Gasteiger partial charge in [-0.25, -0.2) is 0 Å². The van der Waals surface area contributed by atoms with Gasteiger partial charge in [-0.1, -0.05) is 6.07 Å². The summed E-state index contributed by atoms with van der Waals surface area (Å²) in [5.41, 5.74) is 3.40. The molecule has 0 fully saturated rings. The second-order valence-electron chi connectivity index (χ2n) is 4.63. The van der Waals surface area contributed by atoms with Crippen LogP contribution in [0.15, 0.2) is 61.1 Å². The van der Waals surface area contributed by atoms with Crippen LogP contribution in [-0.2, 0) is 0 Å². The highest BCUT2D eigenvalue weighted by molar-refractivity contribution is 5.94. The highest BCUT2D eigenvalue weighted by Crippen LogP contribution is 2.28. The molecule has 0 saturated heterocycles. The fourth-order valence-corrected chi connectivity index (χ4v) is 2.19. The molecule has 4 heteroatoms. The lowest BCUT2D eigenvalue weighted by molar-refractivity contribution is 0.511. The van der Waals surface area contributed by atoms with E-state index in [0.29, 0.717) is 0 Å². The molecule has 0 radical (unpaired) electrons. The minimum Gasteiger partial charge on any atom is -0.508 e. The molecule has 0 atom stereocenters. The van der Waals surface area contributed by atoms with E-state index >= 15 is 0 Å². The number of pyridine rings is 2. The minimum absolute atomic E-state index is 0.249. The van der Waals surface area contributed by atoms with Crippen LogP contribution in [0.25, 0.3) is 16.7 Å². The first-order chi connectivity index (χ1) is 10.3. The van der Waals surface area contributed by atoms with E-state index in [4.69, 9.17) is 0 Å². The highest BCUT2D eigenvalue weighted by atomic mass is 16.3. The van der Waals surface area contributed by atoms with Crippen LogP contribution in [0.4, 0.5) is 11.4 Å². The topological polar surface area (TPSA) is 58.0 Å². The van der Waals surface area contributed by atoms with Crippen LogP contribution < -0.4 is 5.32 Å². The van der Waals surface area contributed by atoms with E-state index in [1.807, 2.05) is 36.4 Å². The quantitative estimate of drug-likeness (QED) is 0.701. The van der Waals surface area contributed by atoms with Crippen molar-refractivity contribution in [3.63, 3.8) is 0 Å². The van der Waals surface area contributed by atoms with E-state index in [0.717, 1.165) is 27.8 Å². The Morgan fingerprint density at radius 1 is 1.14 bits per heavy atom. The predicted octanol–water partition coefficient (Wildman–Crippen LogP) is 4.29. The van der Waals surface area contributed by atoms with Crippen LogP contribution in [0.5, 0.6) is 0 Å². The number of anilines is 2. The van der Waals surface area contributed by atoms with Gasteiger partial charge in [0.25, 0.3) is 0 Å². The molecule has 0 aliphatic rings. The van der Waals surface area contributed by atoms with Crippen molar-refractivity contribution in [2.24, 2.45) is 0 Å². The van der Waals surface area contributed by atoms with E-state index in [9.17, 15) is 5.11 Å². The van der Waals surface area contributed by atoms with Gasteiger partial charge in [0.05, 0.1) is 11.2 Å². The zero-order valence-electron chi connectivity index (χ0n) is 11.6. The summed E-state index contributed by atoms with van der Waals surface area (Å²) in [5, 5.41) is 14.3. The third-order valence-corrected chi connectivity index (χ3v) is 3.23. The van der Waals surface area contributed by atoms with E-state index in [1.165, 1.54) is 0 Å². The Labute approximate surface area is 122 Å². The van der Waals surface area contributed by atoms with E-state index in [1.54, 1.807) is 31.6 Å². The molecule has 104 valence electrons. The van der Waals surface area contributed by atoms with Gasteiger partial charge in [0.2, 0.25) is 0 Å². The molecule has 0 aliphatic carbocycles. The van der Waals surface area contributed by atoms with E-state index in [-0.39, 0.29) is 5.76 Å². The van der Waals surface area contributed by atoms with Crippen molar-refractivity contribution in [1.29, 1.82) is 0 Å². The molecule has 3 aromatic rings. The minimum atomic E-state index is 0.249. The van der Waals surface area contributed by atoms with Gasteiger partial charge in [0, 0.05) is 35.2 Å². The molecule has 1 aromatic carbocycles. The maximum atomic E-state index is 9.98. The van der Waals surface area contributed by atoms with Crippen molar-refractivity contribution in [2.45, 2.75) is 6.92 Å². The van der Waals surface area contributed by atoms with Crippen molar-refractivity contribution < 1.29 is 5.11 Å². The maximum absolute atomic E-state index is 9.98. The second-order valence-corrected chi connectivity index (χ2v) is 4.63. The summed E-state index contributed by atoms with van der Waals surface area (Å²) in [6, 6.07) is 11.5. The summed E-state index contributed by atoms with van der Waals surface area (Å²) < 4.78 is 0. The van der Waals surface area contributed by atoms with E-state index < -0.39 is 0 Å². The first kappa shape index (κ1) is 13.1. The molecular weight excluding hydrogens is 262 g/mol. The molecule has 21 heavy (non-hydrogen) atoms. The second kappa shape index (κ2) is 5.63. The molecule has 0 aliphatic heterocycles. The lowest BCUT2D eigenvalue weighted by atomic mass is 10.1. The number of aromatic nitrogens is 2. The van der Waals surface area contributed by atoms with Gasteiger partial charge in [-0.2, -0.15) is 0 Å². The van der Waals surface area contributed by atoms with Crippen LogP contribution in [0, 0.1) is 0 Å². The van der Waals surface area contributed by atoms with E-state index in [2.05, 4.69) is 15.3 Å². The van der Waals surface area contributed by atoms with Crippen molar-refractivity contribution >= 4 is 28.0 Å². The van der Waals surface area contributed by atoms with Crippen molar-refractivity contribution in [3.05, 3.63) is 66.6 Å². The molecule has 0 bridgehead atoms. The Morgan fingerprint density at radius 2 is 1.95 bits per heavy atom. The summed E-state index contributed by atoms with van der Waals surface area (Å²) in [5.74, 6) is 0.249. The van der Waals surface area contributed by atoms with Crippen LogP contribution in [0.1, 0.15) is 12.5 Å². The number of hydrogen-bond donors (Lipinski definition) is 2. The largest absolute Gasteiger partial charge is 0.508 e. The smallest absolute Gasteiger partial charge is 0.118 e. The number of fused-ring (bicyclic) bond motifs is 1. The summed E-state index contributed by atoms with van der Waals surface area (Å²) in [7, 11) is 0. The Hall–Kier alpha value is -2.88. The lowest BCUT2D eigenvalue weighted by Gasteiger charge is -2.11. The number of nitrogens with one attached hydrogen (secondary N) is 1. The SMILES string of the molecule is C/C=C(/O)c1cc(Nc2ccncc2)c2ncccc2c1. The number of aliphatic hydroxyl groups excluding tert-OH is 1. The number of aliphatic hydroxyl groups is 1. The first-order valence-corrected chi connectivity index (χ1v) is 6.69.